The number of epoxide rings is 1. The van der Waals surface area contributed by atoms with Crippen LogP contribution in [0.1, 0.15) is 6.92 Å². The molecule has 1 aliphatic rings. The van der Waals surface area contributed by atoms with Crippen molar-refractivity contribution in [1.29, 1.82) is 0 Å². The highest BCUT2D eigenvalue weighted by Crippen LogP contribution is 2.43. The smallest absolute Gasteiger partial charge is 0.135 e. The first kappa shape index (κ1) is 23.1. The summed E-state index contributed by atoms with van der Waals surface area (Å²) in [5, 5.41) is 14.3. The molecule has 1 N–H and O–H groups in total. The zero-order chi connectivity index (χ0) is 22.2. The fourth-order valence-corrected chi connectivity index (χ4v) is 4.23. The van der Waals surface area contributed by atoms with Gasteiger partial charge in [0.2, 0.25) is 0 Å². The normalized spacial score (nSPS) is 15.5. The molecule has 3 aromatic carbocycles. The Morgan fingerprint density at radius 1 is 0.875 bits per heavy atom. The lowest BCUT2D eigenvalue weighted by molar-refractivity contribution is 0.00722. The Morgan fingerprint density at radius 2 is 1.53 bits per heavy atom. The molecule has 3 aromatic rings. The van der Waals surface area contributed by atoms with E-state index in [0.29, 0.717) is 58.1 Å². The highest BCUT2D eigenvalue weighted by molar-refractivity contribution is 7.99. The van der Waals surface area contributed by atoms with Crippen LogP contribution in [0.4, 0.5) is 0 Å². The van der Waals surface area contributed by atoms with Crippen molar-refractivity contribution in [3.63, 3.8) is 0 Å². The number of fused-ring (bicyclic) bond motifs is 2. The van der Waals surface area contributed by atoms with Gasteiger partial charge in [-0.05, 0) is 24.0 Å². The molecular formula is C25H30O6S. The van der Waals surface area contributed by atoms with Crippen LogP contribution >= 0.6 is 11.8 Å². The van der Waals surface area contributed by atoms with E-state index in [4.69, 9.17) is 23.7 Å². The van der Waals surface area contributed by atoms with E-state index in [1.165, 1.54) is 0 Å². The Kier molecular flexibility index (Phi) is 8.48. The quantitative estimate of drug-likeness (QED) is 0.163. The van der Waals surface area contributed by atoms with Crippen molar-refractivity contribution in [2.45, 2.75) is 17.9 Å². The van der Waals surface area contributed by atoms with Crippen LogP contribution in [0, 0.1) is 0 Å². The van der Waals surface area contributed by atoms with E-state index in [0.717, 1.165) is 44.5 Å². The third kappa shape index (κ3) is 6.05. The first-order chi connectivity index (χ1) is 15.8. The van der Waals surface area contributed by atoms with Gasteiger partial charge in [0.05, 0.1) is 46.2 Å². The Bertz CT molecular complexity index is 1020. The first-order valence-corrected chi connectivity index (χ1v) is 12.0. The summed E-state index contributed by atoms with van der Waals surface area (Å²) in [6, 6.07) is 13.9. The highest BCUT2D eigenvalue weighted by atomic mass is 32.2. The molecule has 172 valence electrons. The molecule has 0 amide bonds. The largest absolute Gasteiger partial charge is 0.507 e. The van der Waals surface area contributed by atoms with Crippen LogP contribution in [0.15, 0.2) is 47.4 Å². The Labute approximate surface area is 192 Å². The van der Waals surface area contributed by atoms with Crippen LogP contribution in [0.5, 0.6) is 11.5 Å². The average Bonchev–Trinajstić information content (AvgIpc) is 3.64. The van der Waals surface area contributed by atoms with Crippen LogP contribution < -0.4 is 4.74 Å². The summed E-state index contributed by atoms with van der Waals surface area (Å²) in [6.45, 7) is 6.60. The minimum absolute atomic E-state index is 0.290. The predicted octanol–water partition coefficient (Wildman–Crippen LogP) is 4.64. The topological polar surface area (TPSA) is 69.7 Å². The number of phenols is 1. The number of ether oxygens (including phenoxy) is 5. The number of benzene rings is 3. The second-order valence-corrected chi connectivity index (χ2v) is 8.80. The van der Waals surface area contributed by atoms with Gasteiger partial charge in [-0.2, -0.15) is 0 Å². The monoisotopic (exact) mass is 458 g/mol. The third-order valence-corrected chi connectivity index (χ3v) is 6.03. The lowest BCUT2D eigenvalue weighted by Gasteiger charge is -2.15. The zero-order valence-electron chi connectivity index (χ0n) is 18.4. The van der Waals surface area contributed by atoms with Crippen molar-refractivity contribution in [2.24, 2.45) is 0 Å². The van der Waals surface area contributed by atoms with Crippen LogP contribution in [0.2, 0.25) is 0 Å². The molecule has 1 fully saturated rings. The molecule has 0 spiro atoms. The minimum atomic E-state index is 0.290. The second kappa shape index (κ2) is 11.7. The standard InChI is InChI=1S/C25H30O6S/c1-2-32-19-7-8-22-23(15-19)24(26)20-5-3-4-6-21(20)25(22)30-14-13-28-10-9-27-11-12-29-16-18-17-31-18/h3-8,15,18,26H,2,9-14,16-17H2,1H3. The van der Waals surface area contributed by atoms with Crippen LogP contribution in [0.3, 0.4) is 0 Å². The van der Waals surface area contributed by atoms with Gasteiger partial charge in [-0.15, -0.1) is 11.8 Å². The van der Waals surface area contributed by atoms with Gasteiger partial charge in [-0.3, -0.25) is 0 Å². The predicted molar refractivity (Wildman–Crippen MR) is 127 cm³/mol. The molecule has 0 aliphatic carbocycles. The molecular weight excluding hydrogens is 428 g/mol. The fourth-order valence-electron chi connectivity index (χ4n) is 3.53. The Hall–Kier alpha value is -2.03. The van der Waals surface area contributed by atoms with Crippen LogP contribution in [-0.2, 0) is 18.9 Å². The van der Waals surface area contributed by atoms with Crippen molar-refractivity contribution in [1.82, 2.24) is 0 Å². The fraction of sp³-hybridized carbons (Fsp3) is 0.440. The van der Waals surface area contributed by atoms with Crippen molar-refractivity contribution in [2.75, 3.05) is 58.6 Å². The van der Waals surface area contributed by atoms with E-state index in [2.05, 4.69) is 13.0 Å². The summed E-state index contributed by atoms with van der Waals surface area (Å²) in [5.41, 5.74) is 0. The van der Waals surface area contributed by atoms with Crippen molar-refractivity contribution in [3.05, 3.63) is 42.5 Å². The SMILES string of the molecule is CCSc1ccc2c(OCCOCCOCCOCC3CO3)c3ccccc3c(O)c2c1. The summed E-state index contributed by atoms with van der Waals surface area (Å²) in [4.78, 5) is 1.13. The molecule has 0 bridgehead atoms. The van der Waals surface area contributed by atoms with Gasteiger partial charge in [0, 0.05) is 26.4 Å². The summed E-state index contributed by atoms with van der Waals surface area (Å²) in [5.74, 6) is 2.05. The van der Waals surface area contributed by atoms with E-state index < -0.39 is 0 Å². The second-order valence-electron chi connectivity index (χ2n) is 7.47. The number of thioether (sulfide) groups is 1. The van der Waals surface area contributed by atoms with E-state index >= 15 is 0 Å². The van der Waals surface area contributed by atoms with E-state index in [1.54, 1.807) is 11.8 Å². The Morgan fingerprint density at radius 3 is 2.25 bits per heavy atom. The molecule has 1 unspecified atom stereocenters. The first-order valence-electron chi connectivity index (χ1n) is 11.1. The molecule has 0 radical (unpaired) electrons. The lowest BCUT2D eigenvalue weighted by atomic mass is 10.0. The number of rotatable bonds is 14. The summed E-state index contributed by atoms with van der Waals surface area (Å²) in [7, 11) is 0. The zero-order valence-corrected chi connectivity index (χ0v) is 19.2. The number of hydrogen-bond donors (Lipinski definition) is 1. The van der Waals surface area contributed by atoms with Gasteiger partial charge >= 0.3 is 0 Å². The maximum atomic E-state index is 10.9. The average molecular weight is 459 g/mol. The van der Waals surface area contributed by atoms with E-state index in [9.17, 15) is 5.11 Å². The molecule has 1 saturated heterocycles. The molecule has 4 rings (SSSR count). The lowest BCUT2D eigenvalue weighted by Crippen LogP contribution is -2.13. The summed E-state index contributed by atoms with van der Waals surface area (Å²) in [6.07, 6.45) is 0.290. The number of hydrogen-bond acceptors (Lipinski definition) is 7. The molecule has 6 nitrogen and oxygen atoms in total. The molecule has 1 aliphatic heterocycles. The molecule has 32 heavy (non-hydrogen) atoms. The van der Waals surface area contributed by atoms with Gasteiger partial charge in [0.15, 0.2) is 0 Å². The summed E-state index contributed by atoms with van der Waals surface area (Å²) < 4.78 is 27.8. The maximum Gasteiger partial charge on any atom is 0.135 e. The van der Waals surface area contributed by atoms with Crippen molar-refractivity contribution in [3.8, 4) is 11.5 Å². The number of aromatic hydroxyl groups is 1. The van der Waals surface area contributed by atoms with Crippen LogP contribution in [0.25, 0.3) is 21.5 Å². The summed E-state index contributed by atoms with van der Waals surface area (Å²) >= 11 is 1.75. The van der Waals surface area contributed by atoms with Crippen molar-refractivity contribution >= 4 is 33.3 Å². The van der Waals surface area contributed by atoms with Gasteiger partial charge < -0.3 is 28.8 Å². The van der Waals surface area contributed by atoms with Crippen molar-refractivity contribution < 1.29 is 28.8 Å². The van der Waals surface area contributed by atoms with Gasteiger partial charge in [-0.25, -0.2) is 0 Å². The number of phenolic OH excluding ortho intramolecular Hbond substituents is 1. The van der Waals surface area contributed by atoms with E-state index in [-0.39, 0.29) is 0 Å². The van der Waals surface area contributed by atoms with E-state index in [1.807, 2.05) is 36.4 Å². The molecule has 0 saturated carbocycles. The third-order valence-electron chi connectivity index (χ3n) is 5.15. The maximum absolute atomic E-state index is 10.9. The minimum Gasteiger partial charge on any atom is -0.507 e. The van der Waals surface area contributed by atoms with Gasteiger partial charge in [0.25, 0.3) is 0 Å². The molecule has 1 heterocycles. The highest BCUT2D eigenvalue weighted by Gasteiger charge is 2.22. The molecule has 1 atom stereocenters. The van der Waals surface area contributed by atoms with Gasteiger partial charge in [-0.1, -0.05) is 31.2 Å². The Balaban J connectivity index is 1.30. The molecule has 7 heteroatoms. The van der Waals surface area contributed by atoms with Crippen LogP contribution in [-0.4, -0.2) is 69.8 Å². The van der Waals surface area contributed by atoms with Gasteiger partial charge in [0.1, 0.15) is 24.2 Å². The molecule has 0 aromatic heterocycles.